The topological polar surface area (TPSA) is 77.7 Å². The predicted octanol–water partition coefficient (Wildman–Crippen LogP) is 3.33. The molecule has 0 aliphatic heterocycles. The third-order valence-electron chi connectivity index (χ3n) is 4.46. The number of amides is 1. The molecule has 0 bridgehead atoms. The zero-order valence-electron chi connectivity index (χ0n) is 17.0. The van der Waals surface area contributed by atoms with Gasteiger partial charge in [0.05, 0.1) is 32.7 Å². The first-order valence-corrected chi connectivity index (χ1v) is 9.15. The maximum Gasteiger partial charge on any atom is 0.271 e. The molecule has 1 heterocycles. The largest absolute Gasteiger partial charge is 0.497 e. The Hall–Kier alpha value is -3.61. The molecule has 0 radical (unpaired) electrons. The molecular weight excluding hydrogens is 368 g/mol. The van der Waals surface area contributed by atoms with Crippen LogP contribution in [0.25, 0.3) is 0 Å². The van der Waals surface area contributed by atoms with E-state index in [-0.39, 0.29) is 5.91 Å². The van der Waals surface area contributed by atoms with Gasteiger partial charge in [0.25, 0.3) is 5.91 Å². The molecule has 2 aromatic carbocycles. The van der Waals surface area contributed by atoms with Crippen molar-refractivity contribution >= 4 is 12.1 Å². The fourth-order valence-electron chi connectivity index (χ4n) is 2.97. The molecule has 0 saturated carbocycles. The number of methoxy groups -OCH3 is 2. The molecule has 1 amide bonds. The summed E-state index contributed by atoms with van der Waals surface area (Å²) in [6, 6.07) is 14.6. The van der Waals surface area contributed by atoms with E-state index in [0.29, 0.717) is 17.9 Å². The van der Waals surface area contributed by atoms with E-state index in [1.54, 1.807) is 44.7 Å². The Kier molecular flexibility index (Phi) is 6.29. The van der Waals surface area contributed by atoms with Crippen molar-refractivity contribution in [3.05, 3.63) is 76.6 Å². The Morgan fingerprint density at radius 1 is 1.10 bits per heavy atom. The Morgan fingerprint density at radius 2 is 1.86 bits per heavy atom. The molecule has 0 aliphatic carbocycles. The van der Waals surface area contributed by atoms with Gasteiger partial charge in [0.15, 0.2) is 0 Å². The first-order chi connectivity index (χ1) is 14.0. The number of nitrogens with zero attached hydrogens (tertiary/aromatic N) is 3. The van der Waals surface area contributed by atoms with E-state index in [1.165, 1.54) is 0 Å². The van der Waals surface area contributed by atoms with Gasteiger partial charge in [-0.25, -0.2) is 5.43 Å². The molecule has 0 aliphatic rings. The van der Waals surface area contributed by atoms with Crippen LogP contribution in [0.2, 0.25) is 0 Å². The van der Waals surface area contributed by atoms with Gasteiger partial charge in [-0.05, 0) is 67.9 Å². The maximum atomic E-state index is 12.2. The molecule has 150 valence electrons. The lowest BCUT2D eigenvalue weighted by molar-refractivity contribution is 0.0955. The van der Waals surface area contributed by atoms with Crippen molar-refractivity contribution in [1.29, 1.82) is 0 Å². The molecule has 0 unspecified atom stereocenters. The number of nitrogens with one attached hydrogen (secondary N) is 1. The summed E-state index contributed by atoms with van der Waals surface area (Å²) < 4.78 is 12.5. The van der Waals surface area contributed by atoms with Gasteiger partial charge in [-0.2, -0.15) is 10.2 Å². The zero-order valence-corrected chi connectivity index (χ0v) is 17.0. The number of carbonyl (C=O) groups excluding carboxylic acids is 1. The second-order valence-corrected chi connectivity index (χ2v) is 6.58. The quantitative estimate of drug-likeness (QED) is 0.494. The lowest BCUT2D eigenvalue weighted by Gasteiger charge is -2.11. The van der Waals surface area contributed by atoms with Gasteiger partial charge in [0.1, 0.15) is 11.5 Å². The van der Waals surface area contributed by atoms with E-state index in [0.717, 1.165) is 28.3 Å². The van der Waals surface area contributed by atoms with Gasteiger partial charge in [-0.3, -0.25) is 9.48 Å². The van der Waals surface area contributed by atoms with Gasteiger partial charge in [0, 0.05) is 16.8 Å². The molecular formula is C22H24N4O3. The van der Waals surface area contributed by atoms with E-state index < -0.39 is 0 Å². The summed E-state index contributed by atoms with van der Waals surface area (Å²) in [5.74, 6) is 1.18. The van der Waals surface area contributed by atoms with Gasteiger partial charge in [-0.1, -0.05) is 0 Å². The SMILES string of the molecule is COc1ccc(C(=O)NN=Cc2ccc(OC)c(Cn3nc(C)cc3C)c2)cc1. The first-order valence-electron chi connectivity index (χ1n) is 9.15. The summed E-state index contributed by atoms with van der Waals surface area (Å²) in [7, 11) is 3.22. The van der Waals surface area contributed by atoms with Crippen molar-refractivity contribution in [1.82, 2.24) is 15.2 Å². The third-order valence-corrected chi connectivity index (χ3v) is 4.46. The summed E-state index contributed by atoms with van der Waals surface area (Å²) in [4.78, 5) is 12.2. The number of aromatic nitrogens is 2. The van der Waals surface area contributed by atoms with Gasteiger partial charge in [0.2, 0.25) is 0 Å². The molecule has 0 fully saturated rings. The van der Waals surface area contributed by atoms with E-state index in [1.807, 2.05) is 42.8 Å². The van der Waals surface area contributed by atoms with Crippen LogP contribution in [0.3, 0.4) is 0 Å². The van der Waals surface area contributed by atoms with Crippen molar-refractivity contribution in [3.8, 4) is 11.5 Å². The predicted molar refractivity (Wildman–Crippen MR) is 112 cm³/mol. The fraction of sp³-hybridized carbons (Fsp3) is 0.227. The molecule has 0 atom stereocenters. The monoisotopic (exact) mass is 392 g/mol. The van der Waals surface area contributed by atoms with Crippen LogP contribution in [0, 0.1) is 13.8 Å². The summed E-state index contributed by atoms with van der Waals surface area (Å²) in [6.07, 6.45) is 1.60. The van der Waals surface area contributed by atoms with Crippen LogP contribution in [-0.2, 0) is 6.54 Å². The van der Waals surface area contributed by atoms with Crippen LogP contribution >= 0.6 is 0 Å². The Balaban J connectivity index is 1.71. The van der Waals surface area contributed by atoms with Crippen molar-refractivity contribution in [2.45, 2.75) is 20.4 Å². The molecule has 3 rings (SSSR count). The highest BCUT2D eigenvalue weighted by Gasteiger charge is 2.08. The van der Waals surface area contributed by atoms with Crippen molar-refractivity contribution in [2.24, 2.45) is 5.10 Å². The van der Waals surface area contributed by atoms with Crippen LogP contribution in [0.5, 0.6) is 11.5 Å². The molecule has 7 nitrogen and oxygen atoms in total. The van der Waals surface area contributed by atoms with Crippen molar-refractivity contribution in [2.75, 3.05) is 14.2 Å². The maximum absolute atomic E-state index is 12.2. The second-order valence-electron chi connectivity index (χ2n) is 6.58. The van der Waals surface area contributed by atoms with Crippen LogP contribution in [-0.4, -0.2) is 36.1 Å². The molecule has 1 N–H and O–H groups in total. The molecule has 3 aromatic rings. The van der Waals surface area contributed by atoms with Crippen molar-refractivity contribution < 1.29 is 14.3 Å². The zero-order chi connectivity index (χ0) is 20.8. The van der Waals surface area contributed by atoms with E-state index in [2.05, 4.69) is 15.6 Å². The fourth-order valence-corrected chi connectivity index (χ4v) is 2.97. The van der Waals surface area contributed by atoms with E-state index in [9.17, 15) is 4.79 Å². The number of aryl methyl sites for hydroxylation is 2. The first kappa shape index (κ1) is 20.1. The lowest BCUT2D eigenvalue weighted by Crippen LogP contribution is -2.17. The minimum atomic E-state index is -0.291. The summed E-state index contributed by atoms with van der Waals surface area (Å²) in [6.45, 7) is 4.57. The standard InChI is InChI=1S/C22H24N4O3/c1-15-11-16(2)26(25-15)14-19-12-17(5-10-21(19)29-4)13-23-24-22(27)18-6-8-20(28-3)9-7-18/h5-13H,14H2,1-4H3,(H,24,27). The van der Waals surface area contributed by atoms with Crippen LogP contribution in [0.1, 0.15) is 32.9 Å². The number of rotatable bonds is 7. The van der Waals surface area contributed by atoms with Gasteiger partial charge < -0.3 is 9.47 Å². The number of hydrogen-bond donors (Lipinski definition) is 1. The number of hydrazone groups is 1. The molecule has 0 spiro atoms. The average Bonchev–Trinajstić information content (AvgIpc) is 3.05. The number of benzene rings is 2. The van der Waals surface area contributed by atoms with Gasteiger partial charge >= 0.3 is 0 Å². The summed E-state index contributed by atoms with van der Waals surface area (Å²) in [5, 5.41) is 8.57. The number of ether oxygens (including phenoxy) is 2. The highest BCUT2D eigenvalue weighted by Crippen LogP contribution is 2.21. The minimum Gasteiger partial charge on any atom is -0.497 e. The Morgan fingerprint density at radius 3 is 2.48 bits per heavy atom. The van der Waals surface area contributed by atoms with Crippen LogP contribution < -0.4 is 14.9 Å². The van der Waals surface area contributed by atoms with Crippen LogP contribution in [0.15, 0.2) is 53.6 Å². The highest BCUT2D eigenvalue weighted by atomic mass is 16.5. The van der Waals surface area contributed by atoms with E-state index >= 15 is 0 Å². The molecule has 7 heteroatoms. The second kappa shape index (κ2) is 9.05. The number of hydrogen-bond acceptors (Lipinski definition) is 5. The summed E-state index contributed by atoms with van der Waals surface area (Å²) >= 11 is 0. The van der Waals surface area contributed by atoms with Gasteiger partial charge in [-0.15, -0.1) is 0 Å². The smallest absolute Gasteiger partial charge is 0.271 e. The highest BCUT2D eigenvalue weighted by molar-refractivity contribution is 5.95. The molecule has 29 heavy (non-hydrogen) atoms. The number of carbonyl (C=O) groups is 1. The Labute approximate surface area is 170 Å². The molecule has 0 saturated heterocycles. The molecule has 1 aromatic heterocycles. The third kappa shape index (κ3) is 5.01. The van der Waals surface area contributed by atoms with E-state index in [4.69, 9.17) is 9.47 Å². The van der Waals surface area contributed by atoms with Crippen molar-refractivity contribution in [3.63, 3.8) is 0 Å². The average molecular weight is 392 g/mol. The summed E-state index contributed by atoms with van der Waals surface area (Å²) in [5.41, 5.74) is 6.91. The Bertz CT molecular complexity index is 1020. The minimum absolute atomic E-state index is 0.291. The normalized spacial score (nSPS) is 10.9. The lowest BCUT2D eigenvalue weighted by atomic mass is 10.1. The van der Waals surface area contributed by atoms with Crippen LogP contribution in [0.4, 0.5) is 0 Å².